The molecule has 2 N–H and O–H groups in total. The fraction of sp³-hybridized carbons (Fsp3) is 0.300. The molecule has 6 heteroatoms. The number of benzene rings is 2. The molecule has 0 bridgehead atoms. The van der Waals surface area contributed by atoms with E-state index in [4.69, 9.17) is 4.74 Å². The first kappa shape index (κ1) is 17.8. The minimum Gasteiger partial charge on any atom is -0.508 e. The van der Waals surface area contributed by atoms with Crippen molar-refractivity contribution >= 4 is 12.1 Å². The van der Waals surface area contributed by atoms with Gasteiger partial charge in [-0.25, -0.2) is 9.59 Å². The third-order valence-corrected chi connectivity index (χ3v) is 4.75. The van der Waals surface area contributed by atoms with Crippen molar-refractivity contribution in [3.63, 3.8) is 0 Å². The van der Waals surface area contributed by atoms with Gasteiger partial charge in [0.2, 0.25) is 0 Å². The van der Waals surface area contributed by atoms with Crippen LogP contribution in [0.3, 0.4) is 0 Å². The van der Waals surface area contributed by atoms with Gasteiger partial charge in [-0.1, -0.05) is 42.5 Å². The Morgan fingerprint density at radius 2 is 1.73 bits per heavy atom. The van der Waals surface area contributed by atoms with Gasteiger partial charge in [-0.3, -0.25) is 4.90 Å². The van der Waals surface area contributed by atoms with Crippen LogP contribution in [0.1, 0.15) is 24.0 Å². The summed E-state index contributed by atoms with van der Waals surface area (Å²) in [7, 11) is 0. The number of hydrogen-bond donors (Lipinski definition) is 2. The van der Waals surface area contributed by atoms with Crippen molar-refractivity contribution in [3.05, 3.63) is 65.7 Å². The molecule has 6 nitrogen and oxygen atoms in total. The predicted octanol–water partition coefficient (Wildman–Crippen LogP) is 3.19. The van der Waals surface area contributed by atoms with Gasteiger partial charge in [0, 0.05) is 13.0 Å². The van der Waals surface area contributed by atoms with E-state index in [1.54, 1.807) is 12.1 Å². The second-order valence-electron chi connectivity index (χ2n) is 6.48. The number of ether oxygens (including phenoxy) is 1. The highest BCUT2D eigenvalue weighted by Crippen LogP contribution is 2.34. The number of likely N-dealkylation sites (tertiary alicyclic amines) is 1. The first-order valence-electron chi connectivity index (χ1n) is 8.51. The molecule has 1 saturated heterocycles. The maximum absolute atomic E-state index is 12.6. The highest BCUT2D eigenvalue weighted by Gasteiger charge is 2.50. The fourth-order valence-electron chi connectivity index (χ4n) is 3.38. The van der Waals surface area contributed by atoms with Crippen LogP contribution in [0, 0.1) is 0 Å². The molecule has 0 aromatic heterocycles. The summed E-state index contributed by atoms with van der Waals surface area (Å²) in [6.07, 6.45) is 0.518. The minimum atomic E-state index is -1.33. The highest BCUT2D eigenvalue weighted by molar-refractivity contribution is 5.85. The van der Waals surface area contributed by atoms with Crippen LogP contribution in [0.25, 0.3) is 0 Å². The Bertz CT molecular complexity index is 775. The Morgan fingerprint density at radius 1 is 1.04 bits per heavy atom. The Kier molecular flexibility index (Phi) is 5.11. The molecule has 0 saturated carbocycles. The molecule has 1 fully saturated rings. The number of aliphatic carboxylic acids is 1. The van der Waals surface area contributed by atoms with E-state index in [1.165, 1.54) is 17.0 Å². The molecule has 2 aromatic carbocycles. The summed E-state index contributed by atoms with van der Waals surface area (Å²) in [6.45, 7) is 0.448. The Labute approximate surface area is 151 Å². The van der Waals surface area contributed by atoms with Gasteiger partial charge in [0.25, 0.3) is 0 Å². The Balaban J connectivity index is 1.76. The lowest BCUT2D eigenvalue weighted by molar-refractivity contribution is -0.148. The predicted molar refractivity (Wildman–Crippen MR) is 94.7 cm³/mol. The molecule has 0 aliphatic carbocycles. The van der Waals surface area contributed by atoms with Crippen molar-refractivity contribution in [2.75, 3.05) is 6.54 Å². The van der Waals surface area contributed by atoms with Crippen LogP contribution in [-0.2, 0) is 22.6 Å². The molecule has 1 unspecified atom stereocenters. The molecule has 136 valence electrons. The van der Waals surface area contributed by atoms with Gasteiger partial charge >= 0.3 is 12.1 Å². The van der Waals surface area contributed by atoms with E-state index in [0.717, 1.165) is 11.1 Å². The summed E-state index contributed by atoms with van der Waals surface area (Å²) < 4.78 is 5.36. The molecule has 1 amide bonds. The molecule has 1 aliphatic rings. The van der Waals surface area contributed by atoms with Gasteiger partial charge in [0.15, 0.2) is 0 Å². The summed E-state index contributed by atoms with van der Waals surface area (Å²) in [6, 6.07) is 15.6. The zero-order valence-electron chi connectivity index (χ0n) is 14.3. The van der Waals surface area contributed by atoms with Crippen LogP contribution in [0.5, 0.6) is 5.75 Å². The van der Waals surface area contributed by atoms with E-state index in [9.17, 15) is 19.8 Å². The summed E-state index contributed by atoms with van der Waals surface area (Å²) in [5.74, 6) is -0.927. The van der Waals surface area contributed by atoms with E-state index < -0.39 is 17.6 Å². The van der Waals surface area contributed by atoms with Gasteiger partial charge in [0.1, 0.15) is 17.9 Å². The number of nitrogens with zero attached hydrogens (tertiary/aromatic N) is 1. The summed E-state index contributed by atoms with van der Waals surface area (Å²) in [5.41, 5.74) is 0.262. The molecule has 26 heavy (non-hydrogen) atoms. The lowest BCUT2D eigenvalue weighted by atomic mass is 9.88. The van der Waals surface area contributed by atoms with Crippen LogP contribution in [0.2, 0.25) is 0 Å². The summed E-state index contributed by atoms with van der Waals surface area (Å²) in [5, 5.41) is 19.3. The number of carboxylic acids is 1. The van der Waals surface area contributed by atoms with E-state index >= 15 is 0 Å². The summed E-state index contributed by atoms with van der Waals surface area (Å²) >= 11 is 0. The van der Waals surface area contributed by atoms with Crippen molar-refractivity contribution in [2.24, 2.45) is 0 Å². The second-order valence-corrected chi connectivity index (χ2v) is 6.48. The second kappa shape index (κ2) is 7.47. The van der Waals surface area contributed by atoms with Gasteiger partial charge in [-0.2, -0.15) is 0 Å². The lowest BCUT2D eigenvalue weighted by Crippen LogP contribution is -2.54. The number of phenolic OH excluding ortho intramolecular Hbond substituents is 1. The smallest absolute Gasteiger partial charge is 0.411 e. The van der Waals surface area contributed by atoms with E-state index in [0.29, 0.717) is 19.4 Å². The summed E-state index contributed by atoms with van der Waals surface area (Å²) in [4.78, 5) is 26.0. The SMILES string of the molecule is O=C(OCc1ccccc1)N1CCCC1(Cc1ccc(O)cc1)C(=O)O. The zero-order valence-corrected chi connectivity index (χ0v) is 14.3. The number of phenols is 1. The van der Waals surface area contributed by atoms with Crippen LogP contribution < -0.4 is 0 Å². The van der Waals surface area contributed by atoms with Crippen molar-refractivity contribution in [1.82, 2.24) is 4.90 Å². The normalized spacial score (nSPS) is 19.3. The van der Waals surface area contributed by atoms with Gasteiger partial charge in [0.05, 0.1) is 0 Å². The van der Waals surface area contributed by atoms with E-state index in [2.05, 4.69) is 0 Å². The monoisotopic (exact) mass is 355 g/mol. The molecule has 2 aromatic rings. The van der Waals surface area contributed by atoms with Gasteiger partial charge < -0.3 is 14.9 Å². The first-order valence-corrected chi connectivity index (χ1v) is 8.51. The minimum absolute atomic E-state index is 0.102. The number of carbonyl (C=O) groups is 2. The quantitative estimate of drug-likeness (QED) is 0.860. The van der Waals surface area contributed by atoms with Crippen LogP contribution in [0.4, 0.5) is 4.79 Å². The molecule has 0 spiro atoms. The van der Waals surface area contributed by atoms with Gasteiger partial charge in [-0.15, -0.1) is 0 Å². The molecule has 1 aliphatic heterocycles. The number of rotatable bonds is 5. The van der Waals surface area contributed by atoms with Crippen LogP contribution in [-0.4, -0.2) is 39.3 Å². The molecule has 1 atom stereocenters. The van der Waals surface area contributed by atoms with Crippen molar-refractivity contribution in [3.8, 4) is 5.75 Å². The molecular weight excluding hydrogens is 334 g/mol. The molecule has 0 radical (unpaired) electrons. The zero-order chi connectivity index (χ0) is 18.6. The molecule has 1 heterocycles. The average molecular weight is 355 g/mol. The number of carboxylic acid groups (broad SMARTS) is 1. The van der Waals surface area contributed by atoms with Crippen LogP contribution in [0.15, 0.2) is 54.6 Å². The van der Waals surface area contributed by atoms with Crippen molar-refractivity contribution in [2.45, 2.75) is 31.4 Å². The van der Waals surface area contributed by atoms with Crippen LogP contribution >= 0.6 is 0 Å². The number of carbonyl (C=O) groups excluding carboxylic acids is 1. The number of aromatic hydroxyl groups is 1. The lowest BCUT2D eigenvalue weighted by Gasteiger charge is -2.34. The van der Waals surface area contributed by atoms with E-state index in [1.807, 2.05) is 30.3 Å². The number of hydrogen-bond acceptors (Lipinski definition) is 4. The maximum atomic E-state index is 12.6. The van der Waals surface area contributed by atoms with E-state index in [-0.39, 0.29) is 18.8 Å². The van der Waals surface area contributed by atoms with Gasteiger partial charge in [-0.05, 0) is 36.1 Å². The third-order valence-electron chi connectivity index (χ3n) is 4.75. The molecular formula is C20H21NO5. The number of amides is 1. The topological polar surface area (TPSA) is 87.1 Å². The standard InChI is InChI=1S/C20H21NO5/c22-17-9-7-15(8-10-17)13-20(18(23)24)11-4-12-21(20)19(25)26-14-16-5-2-1-3-6-16/h1-3,5-10,22H,4,11-14H2,(H,23,24). The Morgan fingerprint density at radius 3 is 2.38 bits per heavy atom. The van der Waals surface area contributed by atoms with Crippen molar-refractivity contribution in [1.29, 1.82) is 0 Å². The molecule has 3 rings (SSSR count). The first-order chi connectivity index (χ1) is 12.5. The third kappa shape index (κ3) is 3.64. The maximum Gasteiger partial charge on any atom is 0.411 e. The Hall–Kier alpha value is -3.02. The largest absolute Gasteiger partial charge is 0.508 e. The fourth-order valence-corrected chi connectivity index (χ4v) is 3.38. The van der Waals surface area contributed by atoms with Crippen molar-refractivity contribution < 1.29 is 24.5 Å². The highest BCUT2D eigenvalue weighted by atomic mass is 16.6. The average Bonchev–Trinajstić information content (AvgIpc) is 3.07.